The van der Waals surface area contributed by atoms with Crippen molar-refractivity contribution >= 4 is 42.3 Å². The zero-order valence-electron chi connectivity index (χ0n) is 25.6. The first-order valence-electron chi connectivity index (χ1n) is 14.9. The van der Waals surface area contributed by atoms with Crippen LogP contribution >= 0.6 is 19.3 Å². The fourth-order valence-corrected chi connectivity index (χ4v) is 7.25. The number of rotatable bonds is 13. The van der Waals surface area contributed by atoms with E-state index in [-0.39, 0.29) is 11.8 Å². The molecule has 2 aliphatic rings. The number of fused-ring (bicyclic) bond motifs is 1. The summed E-state index contributed by atoms with van der Waals surface area (Å²) in [5.74, 6) is 0.0368. The van der Waals surface area contributed by atoms with E-state index < -0.39 is 62.5 Å². The van der Waals surface area contributed by atoms with Crippen molar-refractivity contribution in [3.63, 3.8) is 0 Å². The second-order valence-corrected chi connectivity index (χ2v) is 13.6. The van der Waals surface area contributed by atoms with Crippen molar-refractivity contribution in [1.29, 1.82) is 0 Å². The molecule has 0 amide bonds. The minimum absolute atomic E-state index is 0.175. The number of nitrogens with one attached hydrogen (secondary N) is 2. The molecule has 0 unspecified atom stereocenters. The fourth-order valence-electron chi connectivity index (χ4n) is 5.40. The lowest BCUT2D eigenvalue weighted by atomic mass is 9.99. The molecule has 6 atom stereocenters. The maximum absolute atomic E-state index is 15.9. The van der Waals surface area contributed by atoms with E-state index in [1.54, 1.807) is 51.1 Å². The zero-order chi connectivity index (χ0) is 32.4. The Balaban J connectivity index is 1.39. The van der Waals surface area contributed by atoms with E-state index in [1.165, 1.54) is 17.8 Å². The van der Waals surface area contributed by atoms with Crippen molar-refractivity contribution in [3.05, 3.63) is 42.5 Å². The van der Waals surface area contributed by atoms with Crippen molar-refractivity contribution in [2.75, 3.05) is 17.8 Å². The molecule has 0 radical (unpaired) electrons. The van der Waals surface area contributed by atoms with Gasteiger partial charge in [-0.05, 0) is 52.7 Å². The van der Waals surface area contributed by atoms with E-state index >= 15 is 4.39 Å². The third-order valence-corrected chi connectivity index (χ3v) is 9.78. The second kappa shape index (κ2) is 13.9. The Labute approximate surface area is 265 Å². The van der Waals surface area contributed by atoms with Gasteiger partial charge < -0.3 is 24.4 Å². The summed E-state index contributed by atoms with van der Waals surface area (Å²) in [5, 5.41) is 17.1. The van der Waals surface area contributed by atoms with Crippen molar-refractivity contribution < 1.29 is 37.4 Å². The maximum atomic E-state index is 15.9. The average Bonchev–Trinajstić information content (AvgIpc) is 3.72. The standard InChI is InChI=1S/C29H39ClFN6O7P/c1-17(2)42-28(39)18(3)36-45(40,44-21-12-6-5-7-13-21)41-15-29(14-30)24(38)22(31)27(43-29)37-16-32-23-25(33-19(4)34-26(23)37)35-20-10-8-9-11-20/h5-7,12-13,16-18,20,22,24,27,38H,8-11,14-15H2,1-4H3,(H,36,40)(H,33,34,35)/t18-,22+,24-,27+,29+,45+/m0/s1. The van der Waals surface area contributed by atoms with E-state index in [1.807, 2.05) is 0 Å². The summed E-state index contributed by atoms with van der Waals surface area (Å²) < 4.78 is 54.0. The van der Waals surface area contributed by atoms with E-state index in [9.17, 15) is 14.5 Å². The van der Waals surface area contributed by atoms with Gasteiger partial charge in [0.25, 0.3) is 0 Å². The molecular weight excluding hydrogens is 630 g/mol. The van der Waals surface area contributed by atoms with Gasteiger partial charge in [-0.15, -0.1) is 11.6 Å². The van der Waals surface area contributed by atoms with Crippen LogP contribution in [0.2, 0.25) is 0 Å². The van der Waals surface area contributed by atoms with Gasteiger partial charge in [-0.25, -0.2) is 23.9 Å². The van der Waals surface area contributed by atoms with Crippen LogP contribution in [0.1, 0.15) is 58.5 Å². The number of carbonyl (C=O) groups excluding carboxylic acids is 1. The molecule has 3 N–H and O–H groups in total. The van der Waals surface area contributed by atoms with Crippen LogP contribution < -0.4 is 14.9 Å². The van der Waals surface area contributed by atoms with Crippen LogP contribution in [0.25, 0.3) is 11.2 Å². The van der Waals surface area contributed by atoms with Crippen molar-refractivity contribution in [3.8, 4) is 5.75 Å². The van der Waals surface area contributed by atoms with E-state index in [2.05, 4.69) is 25.4 Å². The molecule has 1 saturated heterocycles. The van der Waals surface area contributed by atoms with Crippen LogP contribution in [0.15, 0.2) is 36.7 Å². The van der Waals surface area contributed by atoms with Gasteiger partial charge >= 0.3 is 13.7 Å². The normalized spacial score (nSPS) is 25.8. The number of anilines is 1. The number of para-hydroxylation sites is 1. The van der Waals surface area contributed by atoms with E-state index in [0.29, 0.717) is 22.8 Å². The minimum atomic E-state index is -4.37. The first kappa shape index (κ1) is 33.5. The third kappa shape index (κ3) is 7.42. The molecule has 0 bridgehead atoms. The lowest BCUT2D eigenvalue weighted by Crippen LogP contribution is -2.48. The van der Waals surface area contributed by atoms with Gasteiger partial charge in [0.2, 0.25) is 0 Å². The molecule has 2 fully saturated rings. The molecule has 1 aliphatic heterocycles. The van der Waals surface area contributed by atoms with Crippen LogP contribution in [-0.2, 0) is 23.4 Å². The highest BCUT2D eigenvalue weighted by Crippen LogP contribution is 2.49. The number of aryl methyl sites for hydroxylation is 1. The fraction of sp³-hybridized carbons (Fsp3) is 0.586. The Morgan fingerprint density at radius 3 is 2.62 bits per heavy atom. The summed E-state index contributed by atoms with van der Waals surface area (Å²) in [6, 6.07) is 7.29. The molecule has 0 spiro atoms. The van der Waals surface area contributed by atoms with E-state index in [0.717, 1.165) is 25.7 Å². The van der Waals surface area contributed by atoms with Gasteiger partial charge in [-0.1, -0.05) is 31.0 Å². The quantitative estimate of drug-likeness (QED) is 0.130. The number of carbonyl (C=O) groups is 1. The molecule has 16 heteroatoms. The highest BCUT2D eigenvalue weighted by atomic mass is 35.5. The van der Waals surface area contributed by atoms with Crippen LogP contribution in [0, 0.1) is 6.92 Å². The number of alkyl halides is 2. The molecule has 3 heterocycles. The summed E-state index contributed by atoms with van der Waals surface area (Å²) >= 11 is 6.30. The maximum Gasteiger partial charge on any atom is 0.459 e. The molecule has 1 aromatic carbocycles. The number of nitrogens with zero attached hydrogens (tertiary/aromatic N) is 4. The van der Waals surface area contributed by atoms with Crippen molar-refractivity contribution in [1.82, 2.24) is 24.6 Å². The first-order chi connectivity index (χ1) is 21.4. The number of ether oxygens (including phenoxy) is 2. The van der Waals surface area contributed by atoms with Crippen LogP contribution in [0.5, 0.6) is 5.75 Å². The number of aliphatic hydroxyl groups excluding tert-OH is 1. The van der Waals surface area contributed by atoms with Gasteiger partial charge in [0.15, 0.2) is 29.4 Å². The number of halogens is 2. The van der Waals surface area contributed by atoms with Crippen molar-refractivity contribution in [2.24, 2.45) is 0 Å². The number of esters is 1. The highest BCUT2D eigenvalue weighted by molar-refractivity contribution is 7.52. The zero-order valence-corrected chi connectivity index (χ0v) is 27.2. The summed E-state index contributed by atoms with van der Waals surface area (Å²) in [4.78, 5) is 26.0. The molecule has 3 aromatic rings. The van der Waals surface area contributed by atoms with Crippen LogP contribution in [0.3, 0.4) is 0 Å². The highest BCUT2D eigenvalue weighted by Gasteiger charge is 2.57. The number of hydrogen-bond donors (Lipinski definition) is 3. The lowest BCUT2D eigenvalue weighted by molar-refractivity contribution is -0.149. The van der Waals surface area contributed by atoms with Crippen molar-refractivity contribution in [2.45, 2.75) is 95.7 Å². The minimum Gasteiger partial charge on any atom is -0.462 e. The Kier molecular flexibility index (Phi) is 10.3. The number of aromatic nitrogens is 4. The molecule has 2 aromatic heterocycles. The molecule has 1 saturated carbocycles. The molecular formula is C29H39ClFN6O7P. The average molecular weight is 669 g/mol. The van der Waals surface area contributed by atoms with Gasteiger partial charge in [-0.2, -0.15) is 5.09 Å². The van der Waals surface area contributed by atoms with Gasteiger partial charge in [-0.3, -0.25) is 13.9 Å². The predicted octanol–water partition coefficient (Wildman–Crippen LogP) is 4.83. The van der Waals surface area contributed by atoms with Crippen LogP contribution in [0.4, 0.5) is 10.2 Å². The smallest absolute Gasteiger partial charge is 0.459 e. The number of aliphatic hydroxyl groups is 1. The third-order valence-electron chi connectivity index (χ3n) is 7.70. The number of imidazole rings is 1. The topological polar surface area (TPSA) is 159 Å². The second-order valence-electron chi connectivity index (χ2n) is 11.7. The molecule has 45 heavy (non-hydrogen) atoms. The van der Waals surface area contributed by atoms with Gasteiger partial charge in [0.1, 0.15) is 29.3 Å². The summed E-state index contributed by atoms with van der Waals surface area (Å²) in [6.45, 7) is 5.85. The lowest BCUT2D eigenvalue weighted by Gasteiger charge is -2.31. The Morgan fingerprint density at radius 1 is 1.24 bits per heavy atom. The number of hydrogen-bond acceptors (Lipinski definition) is 11. The predicted molar refractivity (Wildman–Crippen MR) is 165 cm³/mol. The molecule has 246 valence electrons. The monoisotopic (exact) mass is 668 g/mol. The number of benzene rings is 1. The Bertz CT molecular complexity index is 1530. The van der Waals surface area contributed by atoms with Gasteiger partial charge in [0, 0.05) is 6.04 Å². The van der Waals surface area contributed by atoms with Crippen LogP contribution in [-0.4, -0.2) is 79.1 Å². The van der Waals surface area contributed by atoms with E-state index in [4.69, 9.17) is 30.1 Å². The molecule has 5 rings (SSSR count). The summed E-state index contributed by atoms with van der Waals surface area (Å²) in [7, 11) is -4.37. The molecule has 1 aliphatic carbocycles. The Morgan fingerprint density at radius 2 is 1.96 bits per heavy atom. The first-order valence-corrected chi connectivity index (χ1v) is 17.0. The largest absolute Gasteiger partial charge is 0.462 e. The molecule has 13 nitrogen and oxygen atoms in total. The summed E-state index contributed by atoms with van der Waals surface area (Å²) in [5.41, 5.74) is -1.12. The van der Waals surface area contributed by atoms with Gasteiger partial charge in [0.05, 0.1) is 24.9 Å². The Hall–Kier alpha value is -2.87. The SMILES string of the molecule is Cc1nc(NC2CCCC2)c2ncn([C@@H]3O[C@](CCl)(CO[P@](=O)(N[C@@H](C)C(=O)OC(C)C)Oc4ccccc4)[C@@H](O)[C@H]3F)c2n1. The summed E-state index contributed by atoms with van der Waals surface area (Å²) in [6.07, 6.45) is 0.0389.